The molecular weight excluding hydrogens is 194 g/mol. The first-order valence-electron chi connectivity index (χ1n) is 4.02. The molecule has 0 saturated carbocycles. The Morgan fingerprint density at radius 2 is 2.08 bits per heavy atom. The Kier molecular flexibility index (Phi) is 5.96. The summed E-state index contributed by atoms with van der Waals surface area (Å²) in [5.74, 6) is 0.849. The van der Waals surface area contributed by atoms with Gasteiger partial charge in [0.05, 0.1) is 6.26 Å². The number of thioether (sulfide) groups is 1. The molecule has 0 aliphatic carbocycles. The Hall–Kier alpha value is 0.260. The maximum atomic E-state index is 10.6. The predicted molar refractivity (Wildman–Crippen MR) is 55.1 cm³/mol. The number of hydrogen-bond acceptors (Lipinski definition) is 3. The van der Waals surface area contributed by atoms with Gasteiger partial charge in [-0.25, -0.2) is 13.1 Å². The Labute approximate surface area is 79.4 Å². The Bertz CT molecular complexity index is 201. The second-order valence-electron chi connectivity index (χ2n) is 2.76. The van der Waals surface area contributed by atoms with Crippen molar-refractivity contribution in [2.24, 2.45) is 0 Å². The summed E-state index contributed by atoms with van der Waals surface area (Å²) in [4.78, 5) is 0. The summed E-state index contributed by atoms with van der Waals surface area (Å²) in [6, 6.07) is 0. The summed E-state index contributed by atoms with van der Waals surface area (Å²) in [7, 11) is -2.99. The molecule has 0 rings (SSSR count). The third kappa shape index (κ3) is 8.36. The van der Waals surface area contributed by atoms with Gasteiger partial charge in [-0.2, -0.15) is 11.8 Å². The van der Waals surface area contributed by atoms with E-state index in [1.54, 1.807) is 11.8 Å². The van der Waals surface area contributed by atoms with Crippen molar-refractivity contribution in [3.8, 4) is 0 Å². The van der Waals surface area contributed by atoms with Crippen LogP contribution in [0.3, 0.4) is 0 Å². The van der Waals surface area contributed by atoms with Gasteiger partial charge in [0.1, 0.15) is 0 Å². The van der Waals surface area contributed by atoms with Gasteiger partial charge in [0.25, 0.3) is 0 Å². The fraction of sp³-hybridized carbons (Fsp3) is 1.00. The Morgan fingerprint density at radius 3 is 2.50 bits per heavy atom. The van der Waals surface area contributed by atoms with E-state index >= 15 is 0 Å². The van der Waals surface area contributed by atoms with Gasteiger partial charge in [-0.1, -0.05) is 13.8 Å². The van der Waals surface area contributed by atoms with E-state index in [9.17, 15) is 8.42 Å². The minimum absolute atomic E-state index is 0.536. The third-order valence-electron chi connectivity index (χ3n) is 1.44. The van der Waals surface area contributed by atoms with Crippen LogP contribution in [-0.2, 0) is 10.0 Å². The first-order chi connectivity index (χ1) is 5.45. The van der Waals surface area contributed by atoms with E-state index in [2.05, 4.69) is 18.6 Å². The second kappa shape index (κ2) is 5.83. The molecule has 3 nitrogen and oxygen atoms in total. The van der Waals surface area contributed by atoms with Crippen LogP contribution in [0.4, 0.5) is 0 Å². The van der Waals surface area contributed by atoms with Crippen molar-refractivity contribution >= 4 is 21.8 Å². The maximum absolute atomic E-state index is 10.6. The molecule has 0 aliphatic heterocycles. The van der Waals surface area contributed by atoms with Crippen molar-refractivity contribution in [1.29, 1.82) is 0 Å². The first-order valence-corrected chi connectivity index (χ1v) is 6.96. The SMILES string of the molecule is CCC(C)SCCNS(C)(=O)=O. The highest BCUT2D eigenvalue weighted by Gasteiger charge is 2.01. The maximum Gasteiger partial charge on any atom is 0.208 e. The Balaban J connectivity index is 3.34. The minimum Gasteiger partial charge on any atom is -0.215 e. The molecule has 0 spiro atoms. The lowest BCUT2D eigenvalue weighted by molar-refractivity contribution is 0.590. The van der Waals surface area contributed by atoms with Crippen molar-refractivity contribution < 1.29 is 8.42 Å². The second-order valence-corrected chi connectivity index (χ2v) is 6.14. The van der Waals surface area contributed by atoms with E-state index in [1.807, 2.05) is 0 Å². The van der Waals surface area contributed by atoms with E-state index in [-0.39, 0.29) is 0 Å². The van der Waals surface area contributed by atoms with Crippen molar-refractivity contribution in [2.75, 3.05) is 18.6 Å². The van der Waals surface area contributed by atoms with Gasteiger partial charge in [0, 0.05) is 17.5 Å². The lowest BCUT2D eigenvalue weighted by atomic mass is 10.4. The van der Waals surface area contributed by atoms with Crippen LogP contribution in [0.1, 0.15) is 20.3 Å². The molecule has 0 fully saturated rings. The quantitative estimate of drug-likeness (QED) is 0.668. The summed E-state index contributed by atoms with van der Waals surface area (Å²) in [5.41, 5.74) is 0. The molecule has 0 aromatic heterocycles. The van der Waals surface area contributed by atoms with Crippen LogP contribution in [0.2, 0.25) is 0 Å². The lowest BCUT2D eigenvalue weighted by Gasteiger charge is -2.07. The molecule has 1 N–H and O–H groups in total. The van der Waals surface area contributed by atoms with Gasteiger partial charge >= 0.3 is 0 Å². The fourth-order valence-corrected chi connectivity index (χ4v) is 2.07. The molecular formula is C7H17NO2S2. The number of sulfonamides is 1. The van der Waals surface area contributed by atoms with Crippen molar-refractivity contribution in [2.45, 2.75) is 25.5 Å². The molecule has 0 saturated heterocycles. The molecule has 0 bridgehead atoms. The zero-order valence-corrected chi connectivity index (χ0v) is 9.46. The van der Waals surface area contributed by atoms with E-state index in [1.165, 1.54) is 6.26 Å². The van der Waals surface area contributed by atoms with Crippen LogP contribution in [0.25, 0.3) is 0 Å². The summed E-state index contributed by atoms with van der Waals surface area (Å²) < 4.78 is 23.7. The zero-order chi connectivity index (χ0) is 9.61. The molecule has 1 unspecified atom stereocenters. The van der Waals surface area contributed by atoms with Crippen molar-refractivity contribution in [3.05, 3.63) is 0 Å². The van der Waals surface area contributed by atoms with Crippen LogP contribution in [0, 0.1) is 0 Å². The standard InChI is InChI=1S/C7H17NO2S2/c1-4-7(2)11-6-5-8-12(3,9)10/h7-8H,4-6H2,1-3H3. The predicted octanol–water partition coefficient (Wildman–Crippen LogP) is 1.07. The molecule has 1 atom stereocenters. The van der Waals surface area contributed by atoms with E-state index < -0.39 is 10.0 Å². The largest absolute Gasteiger partial charge is 0.215 e. The van der Waals surface area contributed by atoms with Gasteiger partial charge in [-0.3, -0.25) is 0 Å². The average molecular weight is 211 g/mol. The normalized spacial score (nSPS) is 14.6. The first kappa shape index (κ1) is 12.3. The molecule has 0 aromatic rings. The topological polar surface area (TPSA) is 46.2 Å². The van der Waals surface area contributed by atoms with Crippen molar-refractivity contribution in [1.82, 2.24) is 4.72 Å². The average Bonchev–Trinajstić information content (AvgIpc) is 1.96. The van der Waals surface area contributed by atoms with E-state index in [0.29, 0.717) is 11.8 Å². The number of rotatable bonds is 6. The highest BCUT2D eigenvalue weighted by Crippen LogP contribution is 2.11. The highest BCUT2D eigenvalue weighted by atomic mass is 32.2. The molecule has 0 amide bonds. The van der Waals surface area contributed by atoms with Crippen LogP contribution in [0.15, 0.2) is 0 Å². The molecule has 5 heteroatoms. The molecule has 0 aromatic carbocycles. The monoisotopic (exact) mass is 211 g/mol. The molecule has 0 radical (unpaired) electrons. The summed E-state index contributed by atoms with van der Waals surface area (Å²) in [5, 5.41) is 0.617. The summed E-state index contributed by atoms with van der Waals surface area (Å²) >= 11 is 1.79. The van der Waals surface area contributed by atoms with Crippen LogP contribution >= 0.6 is 11.8 Å². The van der Waals surface area contributed by atoms with Crippen LogP contribution < -0.4 is 4.72 Å². The minimum atomic E-state index is -2.99. The van der Waals surface area contributed by atoms with E-state index in [4.69, 9.17) is 0 Å². The van der Waals surface area contributed by atoms with Gasteiger partial charge in [0.2, 0.25) is 10.0 Å². The summed E-state index contributed by atoms with van der Waals surface area (Å²) in [6.07, 6.45) is 2.31. The molecule has 0 heterocycles. The number of hydrogen-bond donors (Lipinski definition) is 1. The zero-order valence-electron chi connectivity index (χ0n) is 7.83. The van der Waals surface area contributed by atoms with Gasteiger partial charge in [-0.05, 0) is 6.42 Å². The Morgan fingerprint density at radius 1 is 1.50 bits per heavy atom. The molecule has 12 heavy (non-hydrogen) atoms. The van der Waals surface area contributed by atoms with E-state index in [0.717, 1.165) is 12.2 Å². The van der Waals surface area contributed by atoms with Crippen LogP contribution in [-0.4, -0.2) is 32.2 Å². The van der Waals surface area contributed by atoms with Gasteiger partial charge in [-0.15, -0.1) is 0 Å². The van der Waals surface area contributed by atoms with Crippen molar-refractivity contribution in [3.63, 3.8) is 0 Å². The fourth-order valence-electron chi connectivity index (χ4n) is 0.605. The lowest BCUT2D eigenvalue weighted by Crippen LogP contribution is -2.24. The third-order valence-corrected chi connectivity index (χ3v) is 3.51. The molecule has 74 valence electrons. The van der Waals surface area contributed by atoms with Crippen LogP contribution in [0.5, 0.6) is 0 Å². The highest BCUT2D eigenvalue weighted by molar-refractivity contribution is 7.99. The smallest absolute Gasteiger partial charge is 0.208 e. The molecule has 0 aliphatic rings. The summed E-state index contributed by atoms with van der Waals surface area (Å²) in [6.45, 7) is 4.81. The van der Waals surface area contributed by atoms with Gasteiger partial charge < -0.3 is 0 Å². The van der Waals surface area contributed by atoms with Gasteiger partial charge in [0.15, 0.2) is 0 Å². The number of nitrogens with one attached hydrogen (secondary N) is 1.